The van der Waals surface area contributed by atoms with Crippen LogP contribution in [0, 0.1) is 0 Å². The summed E-state index contributed by atoms with van der Waals surface area (Å²) in [5.41, 5.74) is 3.73. The van der Waals surface area contributed by atoms with Crippen molar-refractivity contribution in [1.29, 1.82) is 0 Å². The van der Waals surface area contributed by atoms with Crippen LogP contribution in [0.3, 0.4) is 0 Å². The molecule has 0 fully saturated rings. The van der Waals surface area contributed by atoms with Gasteiger partial charge in [-0.15, -0.1) is 0 Å². The van der Waals surface area contributed by atoms with Crippen LogP contribution >= 0.6 is 0 Å². The molecule has 3 aromatic rings. The maximum Gasteiger partial charge on any atom is 0.228 e. The molecule has 0 radical (unpaired) electrons. The quantitative estimate of drug-likeness (QED) is 0.709. The van der Waals surface area contributed by atoms with E-state index >= 15 is 0 Å². The first-order chi connectivity index (χ1) is 8.55. The molecule has 4 nitrogen and oxygen atoms in total. The van der Waals surface area contributed by atoms with Crippen LogP contribution in [-0.2, 0) is 5.41 Å². The Balaban J connectivity index is 2.15. The molecule has 0 aliphatic rings. The Morgan fingerprint density at radius 2 is 2.06 bits per heavy atom. The molecular formula is C14H15N3O. The summed E-state index contributed by atoms with van der Waals surface area (Å²) >= 11 is 0. The lowest BCUT2D eigenvalue weighted by Crippen LogP contribution is -2.11. The lowest BCUT2D eigenvalue weighted by atomic mass is 9.93. The minimum Gasteiger partial charge on any atom is -0.444 e. The molecule has 0 aliphatic heterocycles. The molecule has 0 spiro atoms. The normalized spacial score (nSPS) is 12.2. The second-order valence-electron chi connectivity index (χ2n) is 5.39. The molecule has 0 saturated carbocycles. The molecule has 92 valence electrons. The van der Waals surface area contributed by atoms with Gasteiger partial charge in [0.15, 0.2) is 0 Å². The fourth-order valence-corrected chi connectivity index (χ4v) is 1.88. The van der Waals surface area contributed by atoms with E-state index in [1.807, 2.05) is 18.2 Å². The van der Waals surface area contributed by atoms with Crippen LogP contribution in [0.1, 0.15) is 26.5 Å². The number of oxazole rings is 1. The van der Waals surface area contributed by atoms with Crippen molar-refractivity contribution in [3.05, 3.63) is 36.5 Å². The molecule has 0 saturated heterocycles. The Hall–Kier alpha value is -2.10. The number of aromatic amines is 1. The number of hydrogen-bond acceptors (Lipinski definition) is 3. The zero-order chi connectivity index (χ0) is 12.8. The van der Waals surface area contributed by atoms with Crippen LogP contribution in [0.2, 0.25) is 0 Å². The van der Waals surface area contributed by atoms with Crippen LogP contribution in [-0.4, -0.2) is 15.0 Å². The number of benzene rings is 1. The van der Waals surface area contributed by atoms with Crippen molar-refractivity contribution >= 4 is 11.0 Å². The molecule has 1 aromatic carbocycles. The number of nitrogens with zero attached hydrogens (tertiary/aromatic N) is 2. The van der Waals surface area contributed by atoms with E-state index in [1.54, 1.807) is 12.6 Å². The van der Waals surface area contributed by atoms with E-state index in [9.17, 15) is 0 Å². The Bertz CT molecular complexity index is 688. The van der Waals surface area contributed by atoms with Gasteiger partial charge in [0.25, 0.3) is 0 Å². The zero-order valence-electron chi connectivity index (χ0n) is 10.7. The van der Waals surface area contributed by atoms with Crippen LogP contribution in [0.4, 0.5) is 0 Å². The summed E-state index contributed by atoms with van der Waals surface area (Å²) in [6, 6.07) is 5.93. The third-order valence-corrected chi connectivity index (χ3v) is 2.95. The molecular weight excluding hydrogens is 226 g/mol. The topological polar surface area (TPSA) is 54.7 Å². The first kappa shape index (κ1) is 11.0. The monoisotopic (exact) mass is 241 g/mol. The minimum atomic E-state index is -0.0127. The second kappa shape index (κ2) is 3.70. The van der Waals surface area contributed by atoms with Crippen molar-refractivity contribution in [2.45, 2.75) is 26.2 Å². The van der Waals surface area contributed by atoms with Crippen LogP contribution in [0.25, 0.3) is 22.5 Å². The predicted octanol–water partition coefficient (Wildman–Crippen LogP) is 3.52. The SMILES string of the molecule is CC(C)(C)c1coc(-c2cccc3[nH]cnc23)n1. The molecule has 4 heteroatoms. The number of nitrogens with one attached hydrogen (secondary N) is 1. The van der Waals surface area contributed by atoms with Crippen molar-refractivity contribution in [2.75, 3.05) is 0 Å². The lowest BCUT2D eigenvalue weighted by Gasteiger charge is -2.12. The number of H-pyrrole nitrogens is 1. The highest BCUT2D eigenvalue weighted by molar-refractivity contribution is 5.89. The van der Waals surface area contributed by atoms with E-state index in [0.29, 0.717) is 5.89 Å². The van der Waals surface area contributed by atoms with Crippen LogP contribution < -0.4 is 0 Å². The summed E-state index contributed by atoms with van der Waals surface area (Å²) in [6.45, 7) is 6.34. The molecule has 2 aromatic heterocycles. The lowest BCUT2D eigenvalue weighted by molar-refractivity contribution is 0.544. The molecule has 0 aliphatic carbocycles. The van der Waals surface area contributed by atoms with Gasteiger partial charge in [-0.2, -0.15) is 0 Å². The average molecular weight is 241 g/mol. The van der Waals surface area contributed by atoms with Gasteiger partial charge in [0.1, 0.15) is 11.8 Å². The number of hydrogen-bond donors (Lipinski definition) is 1. The highest BCUT2D eigenvalue weighted by Crippen LogP contribution is 2.29. The van der Waals surface area contributed by atoms with Crippen LogP contribution in [0.15, 0.2) is 35.2 Å². The fourth-order valence-electron chi connectivity index (χ4n) is 1.88. The summed E-state index contributed by atoms with van der Waals surface area (Å²) < 4.78 is 5.59. The number of aromatic nitrogens is 3. The van der Waals surface area contributed by atoms with Crippen LogP contribution in [0.5, 0.6) is 0 Å². The first-order valence-corrected chi connectivity index (χ1v) is 5.94. The van der Waals surface area contributed by atoms with E-state index < -0.39 is 0 Å². The first-order valence-electron chi connectivity index (χ1n) is 5.94. The molecule has 0 bridgehead atoms. The summed E-state index contributed by atoms with van der Waals surface area (Å²) in [5, 5.41) is 0. The van der Waals surface area contributed by atoms with Crippen molar-refractivity contribution in [3.63, 3.8) is 0 Å². The van der Waals surface area contributed by atoms with Crippen molar-refractivity contribution in [3.8, 4) is 11.5 Å². The van der Waals surface area contributed by atoms with Gasteiger partial charge in [0.05, 0.1) is 23.1 Å². The van der Waals surface area contributed by atoms with Gasteiger partial charge >= 0.3 is 0 Å². The van der Waals surface area contributed by atoms with E-state index in [0.717, 1.165) is 22.3 Å². The van der Waals surface area contributed by atoms with Crippen molar-refractivity contribution in [2.24, 2.45) is 0 Å². The van der Waals surface area contributed by atoms with Gasteiger partial charge in [-0.3, -0.25) is 0 Å². The number of fused-ring (bicyclic) bond motifs is 1. The van der Waals surface area contributed by atoms with E-state index in [1.165, 1.54) is 0 Å². The number of para-hydroxylation sites is 1. The molecule has 1 N–H and O–H groups in total. The van der Waals surface area contributed by atoms with E-state index in [4.69, 9.17) is 4.42 Å². The largest absolute Gasteiger partial charge is 0.444 e. The van der Waals surface area contributed by atoms with Crippen molar-refractivity contribution < 1.29 is 4.42 Å². The van der Waals surface area contributed by atoms with Gasteiger partial charge in [-0.1, -0.05) is 26.8 Å². The third-order valence-electron chi connectivity index (χ3n) is 2.95. The highest BCUT2D eigenvalue weighted by atomic mass is 16.3. The molecule has 0 atom stereocenters. The maximum absolute atomic E-state index is 5.59. The number of rotatable bonds is 1. The zero-order valence-corrected chi connectivity index (χ0v) is 10.7. The Morgan fingerprint density at radius 3 is 2.78 bits per heavy atom. The predicted molar refractivity (Wildman–Crippen MR) is 70.3 cm³/mol. The third kappa shape index (κ3) is 1.70. The standard InChI is InChI=1S/C14H15N3O/c1-14(2,3)11-7-18-13(17-11)9-5-4-6-10-12(9)16-8-15-10/h4-8H,1-3H3,(H,15,16). The summed E-state index contributed by atoms with van der Waals surface area (Å²) in [7, 11) is 0. The Kier molecular flexibility index (Phi) is 2.26. The van der Waals surface area contributed by atoms with E-state index in [2.05, 4.69) is 35.7 Å². The smallest absolute Gasteiger partial charge is 0.228 e. The van der Waals surface area contributed by atoms with Gasteiger partial charge < -0.3 is 9.40 Å². The summed E-state index contributed by atoms with van der Waals surface area (Å²) in [6.07, 6.45) is 3.41. The molecule has 0 unspecified atom stereocenters. The Labute approximate surface area is 105 Å². The molecule has 18 heavy (non-hydrogen) atoms. The van der Waals surface area contributed by atoms with E-state index in [-0.39, 0.29) is 5.41 Å². The van der Waals surface area contributed by atoms with Crippen molar-refractivity contribution in [1.82, 2.24) is 15.0 Å². The molecule has 3 rings (SSSR count). The van der Waals surface area contributed by atoms with Gasteiger partial charge in [0, 0.05) is 5.41 Å². The molecule has 2 heterocycles. The maximum atomic E-state index is 5.59. The fraction of sp³-hybridized carbons (Fsp3) is 0.286. The van der Waals surface area contributed by atoms with Gasteiger partial charge in [0.2, 0.25) is 5.89 Å². The number of imidazole rings is 1. The Morgan fingerprint density at radius 1 is 1.22 bits per heavy atom. The average Bonchev–Trinajstić information content (AvgIpc) is 2.96. The second-order valence-corrected chi connectivity index (χ2v) is 5.39. The van der Waals surface area contributed by atoms with Gasteiger partial charge in [-0.25, -0.2) is 9.97 Å². The summed E-state index contributed by atoms with van der Waals surface area (Å²) in [4.78, 5) is 12.0. The minimum absolute atomic E-state index is 0.0127. The highest BCUT2D eigenvalue weighted by Gasteiger charge is 2.20. The summed E-state index contributed by atoms with van der Waals surface area (Å²) in [5.74, 6) is 0.623. The molecule has 0 amide bonds. The van der Waals surface area contributed by atoms with Gasteiger partial charge in [-0.05, 0) is 12.1 Å².